The van der Waals surface area contributed by atoms with Crippen LogP contribution in [0.4, 0.5) is 0 Å². The molecule has 0 amide bonds. The van der Waals surface area contributed by atoms with Crippen molar-refractivity contribution < 1.29 is 0 Å². The Kier molecular flexibility index (Phi) is 14.6. The van der Waals surface area contributed by atoms with E-state index in [1.54, 1.807) is 0 Å². The molecule has 0 N–H and O–H groups in total. The molecule has 0 saturated heterocycles. The van der Waals surface area contributed by atoms with E-state index in [0.29, 0.717) is 11.8 Å². The molecule has 0 radical (unpaired) electrons. The van der Waals surface area contributed by atoms with Crippen LogP contribution in [-0.4, -0.2) is 0 Å². The van der Waals surface area contributed by atoms with Gasteiger partial charge in [-0.3, -0.25) is 0 Å². The van der Waals surface area contributed by atoms with E-state index in [0.717, 1.165) is 0 Å². The monoisotopic (exact) mass is 732 g/mol. The minimum atomic E-state index is 0.516. The molecule has 2 aromatic rings. The Morgan fingerprint density at radius 2 is 0.714 bits per heavy atom. The first kappa shape index (κ1) is 41.4. The average Bonchev–Trinajstić information content (AvgIpc) is 3.58. The van der Waals surface area contributed by atoms with Crippen molar-refractivity contribution in [3.63, 3.8) is 0 Å². The van der Waals surface area contributed by atoms with Gasteiger partial charge in [0.15, 0.2) is 0 Å². The highest BCUT2D eigenvalue weighted by Crippen LogP contribution is 2.39. The number of hydrogen-bond acceptors (Lipinski definition) is 0. The molecule has 0 nitrogen and oxygen atoms in total. The van der Waals surface area contributed by atoms with Crippen molar-refractivity contribution >= 4 is 12.2 Å². The van der Waals surface area contributed by atoms with Crippen molar-refractivity contribution in [3.8, 4) is 0 Å². The van der Waals surface area contributed by atoms with Crippen LogP contribution in [0.1, 0.15) is 80.4 Å². The molecular formula is C56H60. The summed E-state index contributed by atoms with van der Waals surface area (Å²) in [7, 11) is 0. The summed E-state index contributed by atoms with van der Waals surface area (Å²) >= 11 is 0. The second-order valence-electron chi connectivity index (χ2n) is 15.7. The fraction of sp³-hybridized carbons (Fsp3) is 0.214. The average molecular weight is 733 g/mol. The van der Waals surface area contributed by atoms with Crippen LogP contribution in [0.15, 0.2) is 236 Å². The fourth-order valence-corrected chi connectivity index (χ4v) is 7.23. The Labute approximate surface area is 338 Å². The van der Waals surface area contributed by atoms with E-state index in [2.05, 4.69) is 227 Å². The maximum Gasteiger partial charge on any atom is -0.0117 e. The molecule has 56 heavy (non-hydrogen) atoms. The summed E-state index contributed by atoms with van der Waals surface area (Å²) in [5.41, 5.74) is 21.1. The lowest BCUT2D eigenvalue weighted by Crippen LogP contribution is -1.98. The quantitative estimate of drug-likeness (QED) is 0.237. The molecule has 0 aromatic heterocycles. The lowest BCUT2D eigenvalue weighted by molar-refractivity contribution is 0.791. The maximum atomic E-state index is 2.37. The third-order valence-corrected chi connectivity index (χ3v) is 10.8. The van der Waals surface area contributed by atoms with Crippen molar-refractivity contribution in [3.05, 3.63) is 247 Å². The van der Waals surface area contributed by atoms with Crippen LogP contribution >= 0.6 is 0 Å². The SMILES string of the molecule is CC1=CC=C(/C=C/C=C/c2ccccc2)C(C)=C2C(C)=CC=C(C(C)C)C=C12.CC1=CC=C(/C=C/C=C/c2ccccc2)C(C)=C2C(C)=CC=C(C(C)C)C=C12. The van der Waals surface area contributed by atoms with Gasteiger partial charge in [0.2, 0.25) is 0 Å². The lowest BCUT2D eigenvalue weighted by atomic mass is 9.88. The first-order valence-electron chi connectivity index (χ1n) is 20.2. The second-order valence-corrected chi connectivity index (χ2v) is 15.7. The summed E-state index contributed by atoms with van der Waals surface area (Å²) in [6.45, 7) is 22.4. The van der Waals surface area contributed by atoms with E-state index >= 15 is 0 Å². The molecule has 0 bridgehead atoms. The number of allylic oxidation sites excluding steroid dienone is 30. The molecule has 6 rings (SSSR count). The smallest absolute Gasteiger partial charge is 0.0117 e. The Balaban J connectivity index is 0.000000214. The van der Waals surface area contributed by atoms with Gasteiger partial charge in [-0.15, -0.1) is 0 Å². The first-order valence-corrected chi connectivity index (χ1v) is 20.2. The summed E-state index contributed by atoms with van der Waals surface area (Å²) in [5.74, 6) is 1.03. The van der Waals surface area contributed by atoms with Crippen molar-refractivity contribution in [2.75, 3.05) is 0 Å². The Hall–Kier alpha value is -5.72. The zero-order valence-corrected chi connectivity index (χ0v) is 35.3. The third-order valence-electron chi connectivity index (χ3n) is 10.8. The van der Waals surface area contributed by atoms with Gasteiger partial charge in [-0.25, -0.2) is 0 Å². The lowest BCUT2D eigenvalue weighted by Gasteiger charge is -2.16. The fourth-order valence-electron chi connectivity index (χ4n) is 7.23. The van der Waals surface area contributed by atoms with Gasteiger partial charge in [0.25, 0.3) is 0 Å². The van der Waals surface area contributed by atoms with Crippen LogP contribution in [0, 0.1) is 11.8 Å². The molecule has 0 saturated carbocycles. The Bertz CT molecular complexity index is 2120. The molecule has 0 spiro atoms. The van der Waals surface area contributed by atoms with E-state index in [1.165, 1.54) is 89.2 Å². The molecule has 0 unspecified atom stereocenters. The molecule has 0 aliphatic heterocycles. The number of fused-ring (bicyclic) bond motifs is 2. The van der Waals surface area contributed by atoms with E-state index in [4.69, 9.17) is 0 Å². The van der Waals surface area contributed by atoms with Gasteiger partial charge in [0.1, 0.15) is 0 Å². The van der Waals surface area contributed by atoms with Crippen LogP contribution in [0.2, 0.25) is 0 Å². The molecule has 0 heterocycles. The van der Waals surface area contributed by atoms with E-state index in [9.17, 15) is 0 Å². The standard InChI is InChI=1S/2C28H30/c2*1-20(2)26-18-16-22(4)28-23(5)25(17-15-21(3)27(28)19-26)14-10-9-13-24-11-7-6-8-12-24/h2*6-20H,1-5H3/b2*13-9+,14-10+. The number of rotatable bonds is 8. The molecule has 4 aliphatic rings. The zero-order chi connectivity index (χ0) is 40.2. The summed E-state index contributed by atoms with van der Waals surface area (Å²) in [6.07, 6.45) is 40.0. The summed E-state index contributed by atoms with van der Waals surface area (Å²) in [6, 6.07) is 20.8. The molecule has 0 heteroatoms. The van der Waals surface area contributed by atoms with Crippen molar-refractivity contribution in [2.45, 2.75) is 69.2 Å². The summed E-state index contributed by atoms with van der Waals surface area (Å²) in [4.78, 5) is 0. The van der Waals surface area contributed by atoms with Crippen molar-refractivity contribution in [1.82, 2.24) is 0 Å². The first-order chi connectivity index (χ1) is 26.9. The minimum absolute atomic E-state index is 0.516. The molecule has 2 aromatic carbocycles. The van der Waals surface area contributed by atoms with Gasteiger partial charge < -0.3 is 0 Å². The topological polar surface area (TPSA) is 0 Å². The van der Waals surface area contributed by atoms with Crippen LogP contribution in [0.25, 0.3) is 12.2 Å². The van der Waals surface area contributed by atoms with Gasteiger partial charge in [0.05, 0.1) is 0 Å². The van der Waals surface area contributed by atoms with Crippen molar-refractivity contribution in [1.29, 1.82) is 0 Å². The van der Waals surface area contributed by atoms with Gasteiger partial charge in [-0.1, -0.05) is 198 Å². The van der Waals surface area contributed by atoms with Gasteiger partial charge >= 0.3 is 0 Å². The molecule has 284 valence electrons. The number of benzene rings is 2. The molecule has 0 atom stereocenters. The van der Waals surface area contributed by atoms with E-state index in [1.807, 2.05) is 12.1 Å². The van der Waals surface area contributed by atoms with Crippen LogP contribution in [-0.2, 0) is 0 Å². The molecular weight excluding hydrogens is 673 g/mol. The van der Waals surface area contributed by atoms with E-state index < -0.39 is 0 Å². The minimum Gasteiger partial charge on any atom is -0.0622 e. The molecule has 4 aliphatic carbocycles. The molecule has 0 fully saturated rings. The third kappa shape index (κ3) is 10.7. The predicted octanol–water partition coefficient (Wildman–Crippen LogP) is 15.9. The van der Waals surface area contributed by atoms with E-state index in [-0.39, 0.29) is 0 Å². The van der Waals surface area contributed by atoms with Crippen LogP contribution < -0.4 is 0 Å². The number of hydrogen-bond donors (Lipinski definition) is 0. The predicted molar refractivity (Wildman–Crippen MR) is 248 cm³/mol. The highest BCUT2D eigenvalue weighted by molar-refractivity contribution is 5.69. The summed E-state index contributed by atoms with van der Waals surface area (Å²) < 4.78 is 0. The van der Waals surface area contributed by atoms with Crippen molar-refractivity contribution in [2.24, 2.45) is 11.8 Å². The maximum absolute atomic E-state index is 2.37. The normalized spacial score (nSPS) is 17.7. The highest BCUT2D eigenvalue weighted by Gasteiger charge is 2.21. The second kappa shape index (κ2) is 19.7. The zero-order valence-electron chi connectivity index (χ0n) is 35.3. The Morgan fingerprint density at radius 3 is 1.07 bits per heavy atom. The van der Waals surface area contributed by atoms with Crippen LogP contribution in [0.3, 0.4) is 0 Å². The highest BCUT2D eigenvalue weighted by atomic mass is 14.2. The van der Waals surface area contributed by atoms with Crippen LogP contribution in [0.5, 0.6) is 0 Å². The van der Waals surface area contributed by atoms with Gasteiger partial charge in [-0.2, -0.15) is 0 Å². The van der Waals surface area contributed by atoms with Gasteiger partial charge in [-0.05, 0) is 143 Å². The van der Waals surface area contributed by atoms with Gasteiger partial charge in [0, 0.05) is 0 Å². The largest absolute Gasteiger partial charge is 0.0622 e. The summed E-state index contributed by atoms with van der Waals surface area (Å²) in [5, 5.41) is 0. The Morgan fingerprint density at radius 1 is 0.375 bits per heavy atom.